The normalized spacial score (nSPS) is 25.2. The molecule has 0 aliphatic carbocycles. The smallest absolute Gasteiger partial charge is 0.255 e. The van der Waals surface area contributed by atoms with E-state index in [2.05, 4.69) is 10.2 Å². The zero-order valence-electron chi connectivity index (χ0n) is 21.1. The summed E-state index contributed by atoms with van der Waals surface area (Å²) in [6, 6.07) is 9.93. The van der Waals surface area contributed by atoms with Gasteiger partial charge >= 0.3 is 0 Å². The van der Waals surface area contributed by atoms with E-state index in [0.717, 1.165) is 30.1 Å². The number of hydrogen-bond acceptors (Lipinski definition) is 6. The molecule has 3 aliphatic heterocycles. The molecule has 2 aromatic rings. The minimum absolute atomic E-state index is 0.0389. The standard InChI is InChI=1S/C25H27N3O5/c29-23-9-8-21(24(30)26-23)28-15-20-19(25(28)31)2-1-3-22(20)33-16-18-6-4-17(5-7-18)14-27-10-12-32-13-11-27/h1-7,21H,8-16H2,(H,26,29,30)/t21-/m0/s1/i16D2,21D. The molecular weight excluding hydrogens is 422 g/mol. The number of imide groups is 1. The summed E-state index contributed by atoms with van der Waals surface area (Å²) < 4.78 is 36.9. The largest absolute Gasteiger partial charge is 0.489 e. The average Bonchev–Trinajstić information content (AvgIpc) is 3.21. The van der Waals surface area contributed by atoms with Gasteiger partial charge in [-0.2, -0.15) is 0 Å². The fourth-order valence-electron chi connectivity index (χ4n) is 4.29. The summed E-state index contributed by atoms with van der Waals surface area (Å²) in [6.45, 7) is 1.61. The molecule has 8 heteroatoms. The minimum atomic E-state index is -2.18. The number of amides is 3. The molecule has 3 aliphatic rings. The van der Waals surface area contributed by atoms with Crippen LogP contribution in [-0.4, -0.2) is 59.8 Å². The van der Waals surface area contributed by atoms with Crippen molar-refractivity contribution < 1.29 is 28.0 Å². The molecule has 0 bridgehead atoms. The van der Waals surface area contributed by atoms with Crippen molar-refractivity contribution in [2.75, 3.05) is 26.3 Å². The van der Waals surface area contributed by atoms with Gasteiger partial charge in [-0.25, -0.2) is 0 Å². The monoisotopic (exact) mass is 452 g/mol. The third-order valence-corrected chi connectivity index (χ3v) is 6.10. The third kappa shape index (κ3) is 4.62. The van der Waals surface area contributed by atoms with Crippen LogP contribution < -0.4 is 10.1 Å². The number of nitrogens with zero attached hydrogens (tertiary/aromatic N) is 2. The van der Waals surface area contributed by atoms with Crippen LogP contribution in [0.4, 0.5) is 0 Å². The molecule has 1 atom stereocenters. The Bertz CT molecular complexity index is 1200. The number of benzene rings is 2. The summed E-state index contributed by atoms with van der Waals surface area (Å²) in [4.78, 5) is 40.5. The van der Waals surface area contributed by atoms with Gasteiger partial charge in [0.05, 0.1) is 23.9 Å². The molecule has 3 amide bonds. The van der Waals surface area contributed by atoms with E-state index in [-0.39, 0.29) is 30.7 Å². The Balaban J connectivity index is 1.33. The molecular formula is C25H27N3O5. The van der Waals surface area contributed by atoms with Crippen molar-refractivity contribution in [3.8, 4) is 5.75 Å². The Kier molecular flexibility index (Phi) is 5.15. The molecule has 0 aromatic heterocycles. The molecule has 1 N–H and O–H groups in total. The van der Waals surface area contributed by atoms with Gasteiger partial charge in [-0.3, -0.25) is 24.6 Å². The number of morpholine rings is 1. The highest BCUT2D eigenvalue weighted by Gasteiger charge is 2.40. The SMILES string of the molecule is [2H]C([2H])(Oc1cccc2c1CN([C@@]1([2H])CCC(=O)NC1=O)C2=O)c1ccc(CN2CCOCC2)cc1. The molecule has 0 spiro atoms. The van der Waals surface area contributed by atoms with Crippen LogP contribution in [0.15, 0.2) is 42.5 Å². The van der Waals surface area contributed by atoms with Gasteiger partial charge < -0.3 is 14.4 Å². The Morgan fingerprint density at radius 3 is 2.61 bits per heavy atom. The summed E-state index contributed by atoms with van der Waals surface area (Å²) in [5.74, 6) is -1.67. The number of ether oxygens (including phenoxy) is 2. The Morgan fingerprint density at radius 2 is 1.85 bits per heavy atom. The van der Waals surface area contributed by atoms with Crippen LogP contribution in [-0.2, 0) is 34.0 Å². The average molecular weight is 453 g/mol. The van der Waals surface area contributed by atoms with Crippen molar-refractivity contribution >= 4 is 17.7 Å². The Morgan fingerprint density at radius 1 is 1.09 bits per heavy atom. The first-order valence-electron chi connectivity index (χ1n) is 12.5. The fourth-order valence-corrected chi connectivity index (χ4v) is 4.29. The van der Waals surface area contributed by atoms with E-state index >= 15 is 0 Å². The predicted octanol–water partition coefficient (Wildman–Crippen LogP) is 1.86. The molecule has 8 nitrogen and oxygen atoms in total. The summed E-state index contributed by atoms with van der Waals surface area (Å²) in [6.07, 6.45) is -0.145. The van der Waals surface area contributed by atoms with E-state index < -0.39 is 30.3 Å². The quantitative estimate of drug-likeness (QED) is 0.674. The topological polar surface area (TPSA) is 88.2 Å². The Hall–Kier alpha value is -3.23. The van der Waals surface area contributed by atoms with Crippen LogP contribution in [0.5, 0.6) is 5.75 Å². The molecule has 2 fully saturated rings. The first-order valence-corrected chi connectivity index (χ1v) is 11.0. The fraction of sp³-hybridized carbons (Fsp3) is 0.400. The van der Waals surface area contributed by atoms with Gasteiger partial charge in [0.15, 0.2) is 0 Å². The van der Waals surface area contributed by atoms with Crippen LogP contribution in [0.2, 0.25) is 0 Å². The molecule has 0 radical (unpaired) electrons. The maximum atomic E-state index is 13.1. The zero-order chi connectivity index (χ0) is 25.5. The highest BCUT2D eigenvalue weighted by Crippen LogP contribution is 2.34. The number of hydrogen-bond donors (Lipinski definition) is 1. The second-order valence-corrected chi connectivity index (χ2v) is 8.29. The minimum Gasteiger partial charge on any atom is -0.489 e. The summed E-state index contributed by atoms with van der Waals surface area (Å²) in [5.41, 5.74) is 2.05. The summed E-state index contributed by atoms with van der Waals surface area (Å²) in [5, 5.41) is 2.14. The maximum Gasteiger partial charge on any atom is 0.255 e. The van der Waals surface area contributed by atoms with Crippen molar-refractivity contribution in [2.24, 2.45) is 0 Å². The second kappa shape index (κ2) is 9.33. The summed E-state index contributed by atoms with van der Waals surface area (Å²) in [7, 11) is 0. The molecule has 3 heterocycles. The number of piperidine rings is 1. The van der Waals surface area contributed by atoms with E-state index in [4.69, 9.17) is 13.6 Å². The third-order valence-electron chi connectivity index (χ3n) is 6.10. The number of nitrogens with one attached hydrogen (secondary N) is 1. The highest BCUT2D eigenvalue weighted by molar-refractivity contribution is 6.05. The first kappa shape index (κ1) is 18.2. The van der Waals surface area contributed by atoms with Crippen molar-refractivity contribution in [1.29, 1.82) is 0 Å². The van der Waals surface area contributed by atoms with Gasteiger partial charge in [-0.1, -0.05) is 30.3 Å². The van der Waals surface area contributed by atoms with E-state index in [9.17, 15) is 14.4 Å². The molecule has 2 saturated heterocycles. The Labute approximate surface area is 196 Å². The van der Waals surface area contributed by atoms with Gasteiger partial charge in [0, 0.05) is 37.2 Å². The highest BCUT2D eigenvalue weighted by atomic mass is 16.5. The molecule has 33 heavy (non-hydrogen) atoms. The van der Waals surface area contributed by atoms with Crippen LogP contribution in [0.1, 0.15) is 44.0 Å². The molecule has 0 unspecified atom stereocenters. The summed E-state index contributed by atoms with van der Waals surface area (Å²) >= 11 is 0. The van der Waals surface area contributed by atoms with Crippen LogP contribution in [0, 0.1) is 0 Å². The van der Waals surface area contributed by atoms with E-state index in [1.165, 1.54) is 0 Å². The van der Waals surface area contributed by atoms with E-state index in [0.29, 0.717) is 24.3 Å². The van der Waals surface area contributed by atoms with Gasteiger partial charge in [0.2, 0.25) is 11.8 Å². The van der Waals surface area contributed by atoms with Crippen LogP contribution in [0.25, 0.3) is 0 Å². The lowest BCUT2D eigenvalue weighted by Gasteiger charge is -2.29. The molecule has 172 valence electrons. The van der Waals surface area contributed by atoms with Gasteiger partial charge in [-0.15, -0.1) is 0 Å². The van der Waals surface area contributed by atoms with Crippen molar-refractivity contribution in [3.63, 3.8) is 0 Å². The zero-order valence-corrected chi connectivity index (χ0v) is 18.1. The number of carbonyl (C=O) groups excluding carboxylic acids is 3. The van der Waals surface area contributed by atoms with E-state index in [1.54, 1.807) is 30.3 Å². The molecule has 5 rings (SSSR count). The van der Waals surface area contributed by atoms with Gasteiger partial charge in [0.1, 0.15) is 18.3 Å². The van der Waals surface area contributed by atoms with Gasteiger partial charge in [-0.05, 0) is 29.7 Å². The van der Waals surface area contributed by atoms with Gasteiger partial charge in [0.25, 0.3) is 5.91 Å². The number of rotatable bonds is 6. The predicted molar refractivity (Wildman–Crippen MR) is 119 cm³/mol. The maximum absolute atomic E-state index is 13.1. The van der Waals surface area contributed by atoms with Crippen molar-refractivity contribution in [2.45, 2.75) is 38.5 Å². The molecule has 2 aromatic carbocycles. The lowest BCUT2D eigenvalue weighted by Crippen LogP contribution is -2.52. The van der Waals surface area contributed by atoms with Crippen molar-refractivity contribution in [3.05, 3.63) is 64.7 Å². The van der Waals surface area contributed by atoms with Crippen molar-refractivity contribution in [1.82, 2.24) is 15.1 Å². The number of fused-ring (bicyclic) bond motifs is 1. The lowest BCUT2D eigenvalue weighted by molar-refractivity contribution is -0.136. The molecule has 0 saturated carbocycles. The van der Waals surface area contributed by atoms with Crippen LogP contribution in [0.3, 0.4) is 0 Å². The number of carbonyl (C=O) groups is 3. The first-order chi connectivity index (χ1) is 17.2. The second-order valence-electron chi connectivity index (χ2n) is 8.29. The van der Waals surface area contributed by atoms with E-state index in [1.807, 2.05) is 12.1 Å². The van der Waals surface area contributed by atoms with Crippen LogP contribution >= 0.6 is 0 Å². The lowest BCUT2D eigenvalue weighted by atomic mass is 10.0.